The van der Waals surface area contributed by atoms with Gasteiger partial charge in [-0.1, -0.05) is 12.1 Å². The maximum absolute atomic E-state index is 11.8. The van der Waals surface area contributed by atoms with Gasteiger partial charge < -0.3 is 10.3 Å². The van der Waals surface area contributed by atoms with Crippen molar-refractivity contribution in [2.45, 2.75) is 19.9 Å². The molecule has 0 bridgehead atoms. The smallest absolute Gasteiger partial charge is 0.186 e. The minimum atomic E-state index is -0.271. The highest BCUT2D eigenvalue weighted by Gasteiger charge is 2.10. The van der Waals surface area contributed by atoms with Crippen LogP contribution in [-0.4, -0.2) is 4.57 Å². The van der Waals surface area contributed by atoms with Gasteiger partial charge in [0.2, 0.25) is 0 Å². The summed E-state index contributed by atoms with van der Waals surface area (Å²) in [5, 5.41) is 0. The molecule has 0 aliphatic carbocycles. The lowest BCUT2D eigenvalue weighted by Crippen LogP contribution is -2.20. The van der Waals surface area contributed by atoms with Crippen molar-refractivity contribution in [1.82, 2.24) is 4.57 Å². The summed E-state index contributed by atoms with van der Waals surface area (Å²) in [6.07, 6.45) is 1.82. The lowest BCUT2D eigenvalue weighted by Gasteiger charge is -2.15. The summed E-state index contributed by atoms with van der Waals surface area (Å²) in [6, 6.07) is 9.23. The van der Waals surface area contributed by atoms with Crippen LogP contribution in [0.1, 0.15) is 24.2 Å². The molecule has 2 rings (SSSR count). The number of halogens is 1. The molecule has 0 aliphatic rings. The standard InChI is InChI=1S/C14H15BrN2O/c1-9-7-14(18)11(10(2)16)8-17(9)13-6-4-3-5-12(13)15/h3-8,10H,16H2,1-2H3. The zero-order valence-corrected chi connectivity index (χ0v) is 11.9. The fraction of sp³-hybridized carbons (Fsp3) is 0.214. The first-order valence-electron chi connectivity index (χ1n) is 5.74. The van der Waals surface area contributed by atoms with E-state index in [9.17, 15) is 4.79 Å². The molecule has 1 atom stereocenters. The van der Waals surface area contributed by atoms with Gasteiger partial charge in [0, 0.05) is 34.0 Å². The van der Waals surface area contributed by atoms with Crippen molar-refractivity contribution in [3.63, 3.8) is 0 Å². The molecule has 0 saturated carbocycles. The van der Waals surface area contributed by atoms with Gasteiger partial charge in [0.1, 0.15) is 0 Å². The molecular formula is C14H15BrN2O. The molecule has 0 fully saturated rings. The van der Waals surface area contributed by atoms with E-state index in [2.05, 4.69) is 15.9 Å². The number of nitrogens with two attached hydrogens (primary N) is 1. The first kappa shape index (κ1) is 13.1. The van der Waals surface area contributed by atoms with Crippen LogP contribution in [0.25, 0.3) is 5.69 Å². The summed E-state index contributed by atoms with van der Waals surface area (Å²) in [6.45, 7) is 3.72. The number of para-hydroxylation sites is 1. The number of nitrogens with zero attached hydrogens (tertiary/aromatic N) is 1. The van der Waals surface area contributed by atoms with Crippen molar-refractivity contribution in [1.29, 1.82) is 0 Å². The molecular weight excluding hydrogens is 292 g/mol. The van der Waals surface area contributed by atoms with Crippen LogP contribution in [0.3, 0.4) is 0 Å². The molecule has 94 valence electrons. The van der Waals surface area contributed by atoms with Gasteiger partial charge in [0.15, 0.2) is 5.43 Å². The minimum Gasteiger partial charge on any atom is -0.324 e. The number of aryl methyl sites for hydroxylation is 1. The van der Waals surface area contributed by atoms with Crippen LogP contribution in [-0.2, 0) is 0 Å². The van der Waals surface area contributed by atoms with Gasteiger partial charge in [-0.25, -0.2) is 0 Å². The first-order valence-corrected chi connectivity index (χ1v) is 6.53. The fourth-order valence-electron chi connectivity index (χ4n) is 1.90. The molecule has 3 nitrogen and oxygen atoms in total. The fourth-order valence-corrected chi connectivity index (χ4v) is 2.37. The maximum atomic E-state index is 11.8. The average molecular weight is 307 g/mol. The SMILES string of the molecule is Cc1cc(=O)c(C(C)N)cn1-c1ccccc1Br. The highest BCUT2D eigenvalue weighted by Crippen LogP contribution is 2.22. The Morgan fingerprint density at radius 3 is 2.61 bits per heavy atom. The van der Waals surface area contributed by atoms with Gasteiger partial charge >= 0.3 is 0 Å². The number of aromatic nitrogens is 1. The zero-order chi connectivity index (χ0) is 13.3. The van der Waals surface area contributed by atoms with Gasteiger partial charge in [0.25, 0.3) is 0 Å². The molecule has 0 spiro atoms. The van der Waals surface area contributed by atoms with E-state index in [0.29, 0.717) is 5.56 Å². The van der Waals surface area contributed by atoms with Crippen LogP contribution in [0.15, 0.2) is 45.8 Å². The molecule has 1 unspecified atom stereocenters. The largest absolute Gasteiger partial charge is 0.324 e. The van der Waals surface area contributed by atoms with E-state index < -0.39 is 0 Å². The van der Waals surface area contributed by atoms with E-state index in [1.54, 1.807) is 6.07 Å². The molecule has 18 heavy (non-hydrogen) atoms. The van der Waals surface area contributed by atoms with Crippen LogP contribution in [0.4, 0.5) is 0 Å². The van der Waals surface area contributed by atoms with Crippen LogP contribution in [0.5, 0.6) is 0 Å². The van der Waals surface area contributed by atoms with Gasteiger partial charge in [-0.15, -0.1) is 0 Å². The van der Waals surface area contributed by atoms with Crippen molar-refractivity contribution in [2.24, 2.45) is 5.73 Å². The normalized spacial score (nSPS) is 12.4. The molecule has 0 aliphatic heterocycles. The summed E-state index contributed by atoms with van der Waals surface area (Å²) in [5.74, 6) is 0. The number of rotatable bonds is 2. The van der Waals surface area contributed by atoms with Crippen molar-refractivity contribution in [3.05, 3.63) is 62.5 Å². The monoisotopic (exact) mass is 306 g/mol. The van der Waals surface area contributed by atoms with Crippen LogP contribution in [0.2, 0.25) is 0 Å². The molecule has 1 aromatic carbocycles. The molecule has 4 heteroatoms. The Balaban J connectivity index is 2.69. The zero-order valence-electron chi connectivity index (χ0n) is 10.4. The first-order chi connectivity index (χ1) is 8.50. The topological polar surface area (TPSA) is 48.0 Å². The van der Waals surface area contributed by atoms with Gasteiger partial charge in [-0.05, 0) is 41.9 Å². The lowest BCUT2D eigenvalue weighted by molar-refractivity contribution is 0.786. The second-order valence-electron chi connectivity index (χ2n) is 4.34. The van der Waals surface area contributed by atoms with Crippen LogP contribution < -0.4 is 11.2 Å². The van der Waals surface area contributed by atoms with Crippen molar-refractivity contribution >= 4 is 15.9 Å². The molecule has 0 amide bonds. The Hall–Kier alpha value is -1.39. The summed E-state index contributed by atoms with van der Waals surface area (Å²) < 4.78 is 2.96. The summed E-state index contributed by atoms with van der Waals surface area (Å²) >= 11 is 3.52. The number of hydrogen-bond donors (Lipinski definition) is 1. The van der Waals surface area contributed by atoms with E-state index >= 15 is 0 Å². The summed E-state index contributed by atoms with van der Waals surface area (Å²) in [4.78, 5) is 11.8. The Labute approximate surface area is 114 Å². The van der Waals surface area contributed by atoms with E-state index in [4.69, 9.17) is 5.73 Å². The quantitative estimate of drug-likeness (QED) is 0.927. The molecule has 0 saturated heterocycles. The predicted molar refractivity (Wildman–Crippen MR) is 77.1 cm³/mol. The highest BCUT2D eigenvalue weighted by molar-refractivity contribution is 9.10. The molecule has 1 aromatic heterocycles. The number of hydrogen-bond acceptors (Lipinski definition) is 2. The second-order valence-corrected chi connectivity index (χ2v) is 5.20. The van der Waals surface area contributed by atoms with Crippen LogP contribution in [0, 0.1) is 6.92 Å². The van der Waals surface area contributed by atoms with Crippen molar-refractivity contribution < 1.29 is 0 Å². The van der Waals surface area contributed by atoms with Gasteiger partial charge in [-0.2, -0.15) is 0 Å². The number of benzene rings is 1. The van der Waals surface area contributed by atoms with E-state index in [0.717, 1.165) is 15.9 Å². The Bertz CT molecular complexity index is 632. The third kappa shape index (κ3) is 2.40. The average Bonchev–Trinajstić information content (AvgIpc) is 2.30. The van der Waals surface area contributed by atoms with Crippen LogP contribution >= 0.6 is 15.9 Å². The lowest BCUT2D eigenvalue weighted by atomic mass is 10.1. The van der Waals surface area contributed by atoms with E-state index in [1.165, 1.54) is 0 Å². The van der Waals surface area contributed by atoms with Crippen molar-refractivity contribution in [2.75, 3.05) is 0 Å². The van der Waals surface area contributed by atoms with Gasteiger partial charge in [-0.3, -0.25) is 4.79 Å². The molecule has 2 aromatic rings. The highest BCUT2D eigenvalue weighted by atomic mass is 79.9. The van der Waals surface area contributed by atoms with Gasteiger partial charge in [0.05, 0.1) is 5.69 Å². The third-order valence-corrected chi connectivity index (χ3v) is 3.55. The molecule has 1 heterocycles. The van der Waals surface area contributed by atoms with E-state index in [-0.39, 0.29) is 11.5 Å². The summed E-state index contributed by atoms with van der Waals surface area (Å²) in [5.41, 5.74) is 8.32. The minimum absolute atomic E-state index is 0.00852. The predicted octanol–water partition coefficient (Wildman–Crippen LogP) is 2.93. The molecule has 2 N–H and O–H groups in total. The second kappa shape index (κ2) is 5.08. The number of pyridine rings is 1. The summed E-state index contributed by atoms with van der Waals surface area (Å²) in [7, 11) is 0. The molecule has 0 radical (unpaired) electrons. The Morgan fingerprint density at radius 1 is 1.33 bits per heavy atom. The maximum Gasteiger partial charge on any atom is 0.186 e. The van der Waals surface area contributed by atoms with Crippen molar-refractivity contribution in [3.8, 4) is 5.69 Å². The Morgan fingerprint density at radius 2 is 2.00 bits per heavy atom. The van der Waals surface area contributed by atoms with E-state index in [1.807, 2.05) is 48.9 Å². The Kier molecular flexibility index (Phi) is 3.68. The third-order valence-electron chi connectivity index (χ3n) is 2.88.